The van der Waals surface area contributed by atoms with Crippen LogP contribution in [-0.2, 0) is 23.2 Å². The molecule has 3 rings (SSSR count). The summed E-state index contributed by atoms with van der Waals surface area (Å²) in [6.07, 6.45) is 1.88. The number of methoxy groups -OCH3 is 1. The fourth-order valence-corrected chi connectivity index (χ4v) is 3.99. The Hall–Kier alpha value is -2.87. The number of hydrazone groups is 1. The van der Waals surface area contributed by atoms with E-state index in [9.17, 15) is 4.79 Å². The van der Waals surface area contributed by atoms with Crippen molar-refractivity contribution in [3.05, 3.63) is 92.6 Å². The highest BCUT2D eigenvalue weighted by atomic mass is 127. The molecule has 0 fully saturated rings. The largest absolute Gasteiger partial charge is 0.493 e. The van der Waals surface area contributed by atoms with Crippen LogP contribution in [0.4, 0.5) is 0 Å². The summed E-state index contributed by atoms with van der Waals surface area (Å²) in [6, 6.07) is 21.9. The maximum absolute atomic E-state index is 12.3. The van der Waals surface area contributed by atoms with Gasteiger partial charge in [0.2, 0.25) is 5.91 Å². The van der Waals surface area contributed by atoms with Gasteiger partial charge in [0.05, 0.1) is 23.3 Å². The van der Waals surface area contributed by atoms with Gasteiger partial charge in [0, 0.05) is 0 Å². The summed E-state index contributed by atoms with van der Waals surface area (Å²) >= 11 is 2.21. The number of amides is 1. The van der Waals surface area contributed by atoms with Crippen LogP contribution in [0.2, 0.25) is 0 Å². The molecule has 0 saturated heterocycles. The van der Waals surface area contributed by atoms with Crippen LogP contribution in [0.15, 0.2) is 71.8 Å². The van der Waals surface area contributed by atoms with Crippen LogP contribution in [-0.4, -0.2) is 19.2 Å². The van der Waals surface area contributed by atoms with Crippen LogP contribution >= 0.6 is 22.6 Å². The van der Waals surface area contributed by atoms with Gasteiger partial charge in [-0.2, -0.15) is 5.10 Å². The predicted octanol–water partition coefficient (Wildman–Crippen LogP) is 5.87. The third-order valence-electron chi connectivity index (χ3n) is 5.07. The van der Waals surface area contributed by atoms with E-state index in [0.717, 1.165) is 20.3 Å². The Morgan fingerprint density at radius 2 is 1.73 bits per heavy atom. The lowest BCUT2D eigenvalue weighted by molar-refractivity contribution is -0.120. The molecule has 0 bridgehead atoms. The lowest BCUT2D eigenvalue weighted by Crippen LogP contribution is -2.20. The zero-order chi connectivity index (χ0) is 23.8. The van der Waals surface area contributed by atoms with Gasteiger partial charge in [0.25, 0.3) is 0 Å². The Labute approximate surface area is 209 Å². The average Bonchev–Trinajstić information content (AvgIpc) is 2.78. The normalized spacial score (nSPS) is 11.4. The third kappa shape index (κ3) is 7.32. The molecule has 3 aromatic rings. The first kappa shape index (κ1) is 24.8. The van der Waals surface area contributed by atoms with Crippen molar-refractivity contribution in [2.75, 3.05) is 7.11 Å². The minimum absolute atomic E-state index is 0.0891. The second kappa shape index (κ2) is 11.3. The van der Waals surface area contributed by atoms with Gasteiger partial charge in [0.1, 0.15) is 6.61 Å². The molecular weight excluding hydrogens is 527 g/mol. The molecule has 33 heavy (non-hydrogen) atoms. The van der Waals surface area contributed by atoms with Gasteiger partial charge in [0.15, 0.2) is 11.5 Å². The molecular formula is C27H29IN2O3. The second-order valence-electron chi connectivity index (χ2n) is 8.73. The minimum atomic E-state index is -0.167. The molecule has 1 N–H and O–H groups in total. The smallest absolute Gasteiger partial charge is 0.244 e. The highest BCUT2D eigenvalue weighted by Crippen LogP contribution is 2.34. The van der Waals surface area contributed by atoms with Crippen molar-refractivity contribution in [3.63, 3.8) is 0 Å². The van der Waals surface area contributed by atoms with E-state index in [2.05, 4.69) is 66.0 Å². The summed E-state index contributed by atoms with van der Waals surface area (Å²) in [6.45, 7) is 6.96. The van der Waals surface area contributed by atoms with Crippen LogP contribution in [0.5, 0.6) is 11.5 Å². The molecule has 0 saturated carbocycles. The zero-order valence-corrected chi connectivity index (χ0v) is 21.5. The van der Waals surface area contributed by atoms with Crippen molar-refractivity contribution in [1.82, 2.24) is 5.43 Å². The molecule has 0 aliphatic rings. The second-order valence-corrected chi connectivity index (χ2v) is 9.89. The number of hydrogen-bond acceptors (Lipinski definition) is 4. The minimum Gasteiger partial charge on any atom is -0.493 e. The standard InChI is InChI=1S/C27H29IN2O3/c1-27(2,3)22-12-10-19(11-13-22)16-25(31)30-29-17-21-14-23(28)26(24(15-21)32-4)33-18-20-8-6-5-7-9-20/h5-15,17H,16,18H2,1-4H3,(H,30,31)/b29-17-. The molecule has 0 aromatic heterocycles. The third-order valence-corrected chi connectivity index (χ3v) is 5.87. The van der Waals surface area contributed by atoms with Crippen molar-refractivity contribution in [2.24, 2.45) is 5.10 Å². The highest BCUT2D eigenvalue weighted by Gasteiger charge is 2.14. The van der Waals surface area contributed by atoms with Crippen molar-refractivity contribution < 1.29 is 14.3 Å². The van der Waals surface area contributed by atoms with Gasteiger partial charge >= 0.3 is 0 Å². The zero-order valence-electron chi connectivity index (χ0n) is 19.4. The number of ether oxygens (including phenoxy) is 2. The number of nitrogens with one attached hydrogen (secondary N) is 1. The maximum atomic E-state index is 12.3. The fourth-order valence-electron chi connectivity index (χ4n) is 3.21. The van der Waals surface area contributed by atoms with Crippen LogP contribution in [0.3, 0.4) is 0 Å². The van der Waals surface area contributed by atoms with Crippen LogP contribution in [0, 0.1) is 3.57 Å². The number of hydrogen-bond donors (Lipinski definition) is 1. The summed E-state index contributed by atoms with van der Waals surface area (Å²) < 4.78 is 12.4. The van der Waals surface area contributed by atoms with E-state index in [-0.39, 0.29) is 17.7 Å². The Kier molecular flexibility index (Phi) is 8.49. The molecule has 0 radical (unpaired) electrons. The Balaban J connectivity index is 1.60. The van der Waals surface area contributed by atoms with Crippen molar-refractivity contribution in [3.8, 4) is 11.5 Å². The Bertz CT molecular complexity index is 1100. The highest BCUT2D eigenvalue weighted by molar-refractivity contribution is 14.1. The summed E-state index contributed by atoms with van der Waals surface area (Å²) in [4.78, 5) is 12.3. The van der Waals surface area contributed by atoms with Gasteiger partial charge in [-0.1, -0.05) is 75.4 Å². The Morgan fingerprint density at radius 3 is 2.36 bits per heavy atom. The lowest BCUT2D eigenvalue weighted by atomic mass is 9.86. The van der Waals surface area contributed by atoms with E-state index in [0.29, 0.717) is 18.1 Å². The summed E-state index contributed by atoms with van der Waals surface area (Å²) in [5.74, 6) is 1.13. The molecule has 172 valence electrons. The first-order valence-electron chi connectivity index (χ1n) is 10.7. The maximum Gasteiger partial charge on any atom is 0.244 e. The molecule has 0 atom stereocenters. The molecule has 6 heteroatoms. The first-order chi connectivity index (χ1) is 15.8. The number of carbonyl (C=O) groups excluding carboxylic acids is 1. The summed E-state index contributed by atoms with van der Waals surface area (Å²) in [7, 11) is 1.61. The number of nitrogens with zero attached hydrogens (tertiary/aromatic N) is 1. The number of benzene rings is 3. The van der Waals surface area contributed by atoms with Gasteiger partial charge in [-0.15, -0.1) is 0 Å². The van der Waals surface area contributed by atoms with E-state index in [4.69, 9.17) is 9.47 Å². The van der Waals surface area contributed by atoms with Crippen molar-refractivity contribution >= 4 is 34.7 Å². The summed E-state index contributed by atoms with van der Waals surface area (Å²) in [5.41, 5.74) is 6.76. The van der Waals surface area contributed by atoms with Crippen molar-refractivity contribution in [1.29, 1.82) is 0 Å². The molecule has 0 aliphatic carbocycles. The molecule has 3 aromatic carbocycles. The molecule has 0 unspecified atom stereocenters. The van der Waals surface area contributed by atoms with Gasteiger partial charge in [-0.25, -0.2) is 5.43 Å². The van der Waals surface area contributed by atoms with Crippen LogP contribution < -0.4 is 14.9 Å². The molecule has 5 nitrogen and oxygen atoms in total. The average molecular weight is 556 g/mol. The van der Waals surface area contributed by atoms with E-state index in [1.807, 2.05) is 54.6 Å². The first-order valence-corrected chi connectivity index (χ1v) is 11.8. The number of rotatable bonds is 8. The van der Waals surface area contributed by atoms with Gasteiger partial charge in [-0.05, 0) is 62.4 Å². The Morgan fingerprint density at radius 1 is 1.03 bits per heavy atom. The van der Waals surface area contributed by atoms with Crippen LogP contribution in [0.1, 0.15) is 43.0 Å². The number of halogens is 1. The van der Waals surface area contributed by atoms with E-state index >= 15 is 0 Å². The van der Waals surface area contributed by atoms with E-state index < -0.39 is 0 Å². The van der Waals surface area contributed by atoms with Gasteiger partial charge < -0.3 is 9.47 Å². The molecule has 0 heterocycles. The fraction of sp³-hybridized carbons (Fsp3) is 0.259. The SMILES string of the molecule is COc1cc(/C=N\NC(=O)Cc2ccc(C(C)(C)C)cc2)cc(I)c1OCc1ccccc1. The van der Waals surface area contributed by atoms with E-state index in [1.165, 1.54) is 5.56 Å². The molecule has 0 aliphatic heterocycles. The number of carbonyl (C=O) groups is 1. The predicted molar refractivity (Wildman–Crippen MR) is 141 cm³/mol. The molecule has 0 spiro atoms. The summed E-state index contributed by atoms with van der Waals surface area (Å²) in [5, 5.41) is 4.11. The van der Waals surface area contributed by atoms with Crippen LogP contribution in [0.25, 0.3) is 0 Å². The van der Waals surface area contributed by atoms with Gasteiger partial charge in [-0.3, -0.25) is 4.79 Å². The van der Waals surface area contributed by atoms with E-state index in [1.54, 1.807) is 13.3 Å². The molecule has 1 amide bonds. The monoisotopic (exact) mass is 556 g/mol. The lowest BCUT2D eigenvalue weighted by Gasteiger charge is -2.19. The topological polar surface area (TPSA) is 59.9 Å². The van der Waals surface area contributed by atoms with Crippen molar-refractivity contribution in [2.45, 2.75) is 39.2 Å². The quantitative estimate of drug-likeness (QED) is 0.215.